The van der Waals surface area contributed by atoms with Crippen molar-refractivity contribution in [3.05, 3.63) is 48.2 Å². The van der Waals surface area contributed by atoms with Crippen LogP contribution in [0.2, 0.25) is 0 Å². The minimum Gasteiger partial charge on any atom is -0.459 e. The number of rotatable bonds is 6. The van der Waals surface area contributed by atoms with Crippen LogP contribution in [0, 0.1) is 0 Å². The van der Waals surface area contributed by atoms with Crippen LogP contribution in [0.4, 0.5) is 5.82 Å². The Morgan fingerprint density at radius 2 is 1.91 bits per heavy atom. The van der Waals surface area contributed by atoms with Crippen LogP contribution in [0.3, 0.4) is 0 Å². The third kappa shape index (κ3) is 3.75. The molecular weight excluding hydrogens is 294 g/mol. The first-order valence-electron chi connectivity index (χ1n) is 7.29. The van der Waals surface area contributed by atoms with Crippen LogP contribution in [-0.2, 0) is 13.1 Å². The zero-order chi connectivity index (χ0) is 16.2. The van der Waals surface area contributed by atoms with Crippen LogP contribution in [0.25, 0.3) is 11.7 Å². The average molecular weight is 313 g/mol. The number of hydrogen-bond acceptors (Lipinski definition) is 7. The van der Waals surface area contributed by atoms with Gasteiger partial charge in [0.1, 0.15) is 5.82 Å². The van der Waals surface area contributed by atoms with Gasteiger partial charge in [-0.15, -0.1) is 10.2 Å². The molecule has 7 heteroatoms. The summed E-state index contributed by atoms with van der Waals surface area (Å²) in [6.45, 7) is 1.31. The molecule has 0 amide bonds. The lowest BCUT2D eigenvalue weighted by Crippen LogP contribution is -2.18. The third-order valence-corrected chi connectivity index (χ3v) is 3.32. The molecule has 0 atom stereocenters. The molecule has 3 rings (SSSR count). The van der Waals surface area contributed by atoms with Crippen molar-refractivity contribution in [2.45, 2.75) is 13.1 Å². The summed E-state index contributed by atoms with van der Waals surface area (Å²) in [7, 11) is 5.94. The van der Waals surface area contributed by atoms with Crippen LogP contribution in [0.5, 0.6) is 0 Å². The highest BCUT2D eigenvalue weighted by atomic mass is 16.4. The van der Waals surface area contributed by atoms with Gasteiger partial charge in [-0.05, 0) is 30.8 Å². The zero-order valence-corrected chi connectivity index (χ0v) is 13.4. The number of pyridine rings is 1. The molecule has 23 heavy (non-hydrogen) atoms. The van der Waals surface area contributed by atoms with Gasteiger partial charge in [0.15, 0.2) is 5.76 Å². The fourth-order valence-electron chi connectivity index (χ4n) is 2.19. The summed E-state index contributed by atoms with van der Waals surface area (Å²) in [6, 6.07) is 7.65. The van der Waals surface area contributed by atoms with E-state index >= 15 is 0 Å². The van der Waals surface area contributed by atoms with Gasteiger partial charge in [0.25, 0.3) is 5.89 Å². The van der Waals surface area contributed by atoms with Crippen LogP contribution in [0.1, 0.15) is 11.5 Å². The fourth-order valence-corrected chi connectivity index (χ4v) is 2.19. The molecule has 0 radical (unpaired) electrons. The normalized spacial score (nSPS) is 11.1. The molecule has 3 aromatic heterocycles. The van der Waals surface area contributed by atoms with Crippen molar-refractivity contribution in [3.8, 4) is 11.7 Å². The van der Waals surface area contributed by atoms with Gasteiger partial charge in [0.05, 0.1) is 12.8 Å². The molecule has 0 bridgehead atoms. The van der Waals surface area contributed by atoms with Gasteiger partial charge in [-0.2, -0.15) is 0 Å². The summed E-state index contributed by atoms with van der Waals surface area (Å²) in [5.41, 5.74) is 1.13. The first-order chi connectivity index (χ1) is 11.1. The highest BCUT2D eigenvalue weighted by molar-refractivity contribution is 5.42. The van der Waals surface area contributed by atoms with Gasteiger partial charge >= 0.3 is 0 Å². The topological polar surface area (TPSA) is 71.4 Å². The number of anilines is 1. The Balaban J connectivity index is 1.60. The number of aromatic nitrogens is 3. The second-order valence-corrected chi connectivity index (χ2v) is 5.57. The third-order valence-electron chi connectivity index (χ3n) is 3.32. The van der Waals surface area contributed by atoms with Gasteiger partial charge < -0.3 is 13.7 Å². The average Bonchev–Trinajstić information content (AvgIpc) is 3.18. The molecule has 0 unspecified atom stereocenters. The van der Waals surface area contributed by atoms with E-state index in [2.05, 4.69) is 26.1 Å². The standard InChI is InChI=1S/C16H19N5O2/c1-20(2)14-7-6-12(9-17-14)10-21(3)11-15-18-19-16(23-15)13-5-4-8-22-13/h4-9H,10-11H2,1-3H3. The summed E-state index contributed by atoms with van der Waals surface area (Å²) in [4.78, 5) is 8.47. The van der Waals surface area contributed by atoms with Crippen LogP contribution in [-0.4, -0.2) is 41.2 Å². The highest BCUT2D eigenvalue weighted by Gasteiger charge is 2.12. The Morgan fingerprint density at radius 3 is 2.57 bits per heavy atom. The van der Waals surface area contributed by atoms with Gasteiger partial charge in [-0.3, -0.25) is 4.90 Å². The Labute approximate surface area is 134 Å². The van der Waals surface area contributed by atoms with Crippen molar-refractivity contribution in [1.82, 2.24) is 20.1 Å². The van der Waals surface area contributed by atoms with Gasteiger partial charge in [0.2, 0.25) is 5.89 Å². The maximum Gasteiger partial charge on any atom is 0.283 e. The fraction of sp³-hybridized carbons (Fsp3) is 0.312. The molecule has 7 nitrogen and oxygen atoms in total. The minimum atomic E-state index is 0.399. The molecule has 0 saturated heterocycles. The van der Waals surface area contributed by atoms with Gasteiger partial charge in [0, 0.05) is 26.8 Å². The van der Waals surface area contributed by atoms with E-state index in [0.29, 0.717) is 24.1 Å². The number of hydrogen-bond donors (Lipinski definition) is 0. The summed E-state index contributed by atoms with van der Waals surface area (Å²) in [6.07, 6.45) is 3.46. The van der Waals surface area contributed by atoms with Crippen molar-refractivity contribution >= 4 is 5.82 Å². The second kappa shape index (κ2) is 6.62. The van der Waals surface area contributed by atoms with Crippen LogP contribution < -0.4 is 4.90 Å². The Morgan fingerprint density at radius 1 is 1.04 bits per heavy atom. The summed E-state index contributed by atoms with van der Waals surface area (Å²) < 4.78 is 10.8. The molecule has 120 valence electrons. The molecule has 0 spiro atoms. The molecule has 0 N–H and O–H groups in total. The lowest BCUT2D eigenvalue weighted by atomic mass is 10.2. The first kappa shape index (κ1) is 15.2. The van der Waals surface area contributed by atoms with Crippen molar-refractivity contribution in [1.29, 1.82) is 0 Å². The van der Waals surface area contributed by atoms with E-state index in [0.717, 1.165) is 17.9 Å². The molecule has 0 fully saturated rings. The quantitative estimate of drug-likeness (QED) is 0.692. The molecule has 3 heterocycles. The molecule has 0 aliphatic carbocycles. The monoisotopic (exact) mass is 313 g/mol. The van der Waals surface area contributed by atoms with E-state index in [9.17, 15) is 0 Å². The maximum absolute atomic E-state index is 5.61. The summed E-state index contributed by atoms with van der Waals surface area (Å²) in [5, 5.41) is 8.05. The zero-order valence-electron chi connectivity index (χ0n) is 13.4. The minimum absolute atomic E-state index is 0.399. The lowest BCUT2D eigenvalue weighted by molar-refractivity contribution is 0.282. The second-order valence-electron chi connectivity index (χ2n) is 5.57. The lowest BCUT2D eigenvalue weighted by Gasteiger charge is -2.15. The smallest absolute Gasteiger partial charge is 0.283 e. The first-order valence-corrected chi connectivity index (χ1v) is 7.29. The van der Waals surface area contributed by atoms with E-state index in [4.69, 9.17) is 8.83 Å². The van der Waals surface area contributed by atoms with E-state index in [1.807, 2.05) is 38.3 Å². The Bertz CT molecular complexity index is 734. The molecule has 0 aromatic carbocycles. The molecule has 0 aliphatic heterocycles. The summed E-state index contributed by atoms with van der Waals surface area (Å²) in [5.74, 6) is 2.47. The Hall–Kier alpha value is -2.67. The number of nitrogens with zero attached hydrogens (tertiary/aromatic N) is 5. The molecule has 0 saturated carbocycles. The van der Waals surface area contributed by atoms with Crippen molar-refractivity contribution < 1.29 is 8.83 Å². The number of furan rings is 1. The van der Waals surface area contributed by atoms with Crippen molar-refractivity contribution in [3.63, 3.8) is 0 Å². The van der Waals surface area contributed by atoms with Crippen molar-refractivity contribution in [2.24, 2.45) is 0 Å². The summed E-state index contributed by atoms with van der Waals surface area (Å²) >= 11 is 0. The van der Waals surface area contributed by atoms with Gasteiger partial charge in [-0.1, -0.05) is 6.07 Å². The van der Waals surface area contributed by atoms with E-state index in [-0.39, 0.29) is 0 Å². The maximum atomic E-state index is 5.61. The Kier molecular flexibility index (Phi) is 4.38. The highest BCUT2D eigenvalue weighted by Crippen LogP contribution is 2.18. The largest absolute Gasteiger partial charge is 0.459 e. The van der Waals surface area contributed by atoms with Crippen LogP contribution in [0.15, 0.2) is 45.6 Å². The van der Waals surface area contributed by atoms with E-state index in [1.165, 1.54) is 0 Å². The molecule has 3 aromatic rings. The SMILES string of the molecule is CN(Cc1ccc(N(C)C)nc1)Cc1nnc(-c2ccco2)o1. The van der Waals surface area contributed by atoms with Crippen LogP contribution >= 0.6 is 0 Å². The van der Waals surface area contributed by atoms with E-state index in [1.54, 1.807) is 18.4 Å². The van der Waals surface area contributed by atoms with E-state index < -0.39 is 0 Å². The van der Waals surface area contributed by atoms with Crippen molar-refractivity contribution in [2.75, 3.05) is 26.0 Å². The predicted octanol–water partition coefficient (Wildman–Crippen LogP) is 2.42. The molecular formula is C16H19N5O2. The molecule has 0 aliphatic rings. The van der Waals surface area contributed by atoms with Gasteiger partial charge in [-0.25, -0.2) is 4.98 Å². The predicted molar refractivity (Wildman–Crippen MR) is 85.7 cm³/mol.